The van der Waals surface area contributed by atoms with Gasteiger partial charge < -0.3 is 15.2 Å². The zero-order chi connectivity index (χ0) is 14.9. The summed E-state index contributed by atoms with van der Waals surface area (Å²) in [4.78, 5) is 15.8. The summed E-state index contributed by atoms with van der Waals surface area (Å²) in [5.74, 6) is 1.12. The zero-order valence-corrected chi connectivity index (χ0v) is 11.9. The van der Waals surface area contributed by atoms with Gasteiger partial charge in [0.25, 0.3) is 0 Å². The molecule has 0 unspecified atom stereocenters. The smallest absolute Gasteiger partial charge is 0.360 e. The maximum atomic E-state index is 11.6. The van der Waals surface area contributed by atoms with Gasteiger partial charge >= 0.3 is 5.97 Å². The molecule has 1 heterocycles. The van der Waals surface area contributed by atoms with Crippen LogP contribution in [0.4, 0.5) is 5.82 Å². The molecule has 0 saturated heterocycles. The van der Waals surface area contributed by atoms with Crippen LogP contribution in [0.1, 0.15) is 21.9 Å². The van der Waals surface area contributed by atoms with Crippen molar-refractivity contribution in [2.24, 2.45) is 0 Å². The largest absolute Gasteiger partial charge is 0.496 e. The summed E-state index contributed by atoms with van der Waals surface area (Å²) in [6, 6.07) is 5.63. The number of carbonyl (C=O) groups is 1. The zero-order valence-electron chi connectivity index (χ0n) is 11.9. The minimum Gasteiger partial charge on any atom is -0.496 e. The van der Waals surface area contributed by atoms with Crippen LogP contribution in [0.5, 0.6) is 5.75 Å². The van der Waals surface area contributed by atoms with Crippen LogP contribution < -0.4 is 10.5 Å². The van der Waals surface area contributed by atoms with E-state index in [1.807, 2.05) is 25.1 Å². The molecule has 1 aromatic carbocycles. The highest BCUT2D eigenvalue weighted by Gasteiger charge is 2.20. The van der Waals surface area contributed by atoms with Gasteiger partial charge in [0.2, 0.25) is 0 Å². The fourth-order valence-corrected chi connectivity index (χ4v) is 2.12. The summed E-state index contributed by atoms with van der Waals surface area (Å²) >= 11 is 0. The first kappa shape index (κ1) is 13.9. The maximum Gasteiger partial charge on any atom is 0.360 e. The lowest BCUT2D eigenvalue weighted by Gasteiger charge is -2.11. The summed E-state index contributed by atoms with van der Waals surface area (Å²) in [7, 11) is 2.92. The third kappa shape index (κ3) is 2.20. The van der Waals surface area contributed by atoms with Gasteiger partial charge in [0, 0.05) is 5.69 Å². The number of aryl methyl sites for hydroxylation is 2. The number of nitrogen functional groups attached to an aromatic ring is 1. The quantitative estimate of drug-likeness (QED) is 0.865. The molecule has 0 aliphatic rings. The highest BCUT2D eigenvalue weighted by Crippen LogP contribution is 2.25. The van der Waals surface area contributed by atoms with Gasteiger partial charge in [0.15, 0.2) is 5.69 Å². The van der Waals surface area contributed by atoms with E-state index < -0.39 is 5.97 Å². The number of benzene rings is 1. The van der Waals surface area contributed by atoms with Crippen molar-refractivity contribution in [1.82, 2.24) is 9.55 Å². The average Bonchev–Trinajstić information content (AvgIpc) is 2.73. The number of hydrogen-bond donors (Lipinski definition) is 1. The second kappa shape index (κ2) is 5.24. The van der Waals surface area contributed by atoms with E-state index in [1.165, 1.54) is 7.11 Å². The number of hydrogen-bond acceptors (Lipinski definition) is 5. The van der Waals surface area contributed by atoms with Gasteiger partial charge in [0.1, 0.15) is 17.4 Å². The van der Waals surface area contributed by atoms with Crippen molar-refractivity contribution in [3.05, 3.63) is 35.3 Å². The van der Waals surface area contributed by atoms with Crippen LogP contribution in [0.25, 0.3) is 5.69 Å². The Morgan fingerprint density at radius 1 is 1.30 bits per heavy atom. The molecule has 20 heavy (non-hydrogen) atoms. The maximum absolute atomic E-state index is 11.6. The van der Waals surface area contributed by atoms with E-state index in [0.717, 1.165) is 17.0 Å². The molecule has 0 saturated carbocycles. The van der Waals surface area contributed by atoms with Gasteiger partial charge in [-0.1, -0.05) is 0 Å². The molecule has 0 bridgehead atoms. The standard InChI is InChI=1S/C14H17N3O3/c1-8-7-10(5-6-11(8)19-3)17-9(2)16-12(13(17)15)14(18)20-4/h5-7H,15H2,1-4H3. The monoisotopic (exact) mass is 275 g/mol. The van der Waals surface area contributed by atoms with E-state index in [1.54, 1.807) is 18.6 Å². The molecule has 0 spiro atoms. The molecule has 6 nitrogen and oxygen atoms in total. The van der Waals surface area contributed by atoms with Crippen LogP contribution in [0.2, 0.25) is 0 Å². The summed E-state index contributed by atoms with van der Waals surface area (Å²) in [6.07, 6.45) is 0. The van der Waals surface area contributed by atoms with Gasteiger partial charge in [-0.15, -0.1) is 0 Å². The van der Waals surface area contributed by atoms with Gasteiger partial charge in [-0.25, -0.2) is 9.78 Å². The number of aromatic nitrogens is 2. The van der Waals surface area contributed by atoms with Crippen molar-refractivity contribution in [3.8, 4) is 11.4 Å². The number of rotatable bonds is 3. The molecule has 2 N–H and O–H groups in total. The highest BCUT2D eigenvalue weighted by molar-refractivity contribution is 5.92. The summed E-state index contributed by atoms with van der Waals surface area (Å²) < 4.78 is 11.6. The van der Waals surface area contributed by atoms with E-state index in [4.69, 9.17) is 10.5 Å². The van der Waals surface area contributed by atoms with Crippen LogP contribution >= 0.6 is 0 Å². The molecule has 6 heteroatoms. The van der Waals surface area contributed by atoms with Gasteiger partial charge in [0.05, 0.1) is 14.2 Å². The molecule has 0 amide bonds. The Morgan fingerprint density at radius 2 is 2.00 bits per heavy atom. The van der Waals surface area contributed by atoms with E-state index in [9.17, 15) is 4.79 Å². The lowest BCUT2D eigenvalue weighted by atomic mass is 10.2. The predicted octanol–water partition coefficient (Wildman–Crippen LogP) is 1.87. The Kier molecular flexibility index (Phi) is 3.65. The molecule has 2 aromatic rings. The first-order valence-electron chi connectivity index (χ1n) is 6.07. The van der Waals surface area contributed by atoms with Gasteiger partial charge in [-0.2, -0.15) is 0 Å². The van der Waals surface area contributed by atoms with Crippen molar-refractivity contribution >= 4 is 11.8 Å². The Bertz CT molecular complexity index is 662. The Morgan fingerprint density at radius 3 is 2.55 bits per heavy atom. The first-order chi connectivity index (χ1) is 9.49. The van der Waals surface area contributed by atoms with Gasteiger partial charge in [-0.3, -0.25) is 4.57 Å². The van der Waals surface area contributed by atoms with E-state index in [2.05, 4.69) is 9.72 Å². The van der Waals surface area contributed by atoms with Crippen molar-refractivity contribution in [2.75, 3.05) is 20.0 Å². The lowest BCUT2D eigenvalue weighted by molar-refractivity contribution is 0.0596. The summed E-state index contributed by atoms with van der Waals surface area (Å²) in [6.45, 7) is 3.72. The van der Waals surface area contributed by atoms with Gasteiger partial charge in [-0.05, 0) is 37.6 Å². The molecule has 0 atom stereocenters. The fraction of sp³-hybridized carbons (Fsp3) is 0.286. The minimum absolute atomic E-state index is 0.124. The SMILES string of the molecule is COC(=O)c1nc(C)n(-c2ccc(OC)c(C)c2)c1N. The van der Waals surface area contributed by atoms with Crippen LogP contribution in [0, 0.1) is 13.8 Å². The predicted molar refractivity (Wildman–Crippen MR) is 75.3 cm³/mol. The average molecular weight is 275 g/mol. The Labute approximate surface area is 117 Å². The number of ether oxygens (including phenoxy) is 2. The van der Waals surface area contributed by atoms with Crippen LogP contribution in [0.15, 0.2) is 18.2 Å². The van der Waals surface area contributed by atoms with Crippen molar-refractivity contribution in [1.29, 1.82) is 0 Å². The minimum atomic E-state index is -0.547. The highest BCUT2D eigenvalue weighted by atomic mass is 16.5. The second-order valence-corrected chi connectivity index (χ2v) is 4.37. The molecule has 0 aliphatic heterocycles. The fourth-order valence-electron chi connectivity index (χ4n) is 2.12. The molecule has 0 radical (unpaired) electrons. The number of anilines is 1. The van der Waals surface area contributed by atoms with Crippen LogP contribution in [-0.4, -0.2) is 29.7 Å². The Hall–Kier alpha value is -2.50. The number of nitrogens with zero attached hydrogens (tertiary/aromatic N) is 2. The van der Waals surface area contributed by atoms with Crippen molar-refractivity contribution < 1.29 is 14.3 Å². The van der Waals surface area contributed by atoms with E-state index >= 15 is 0 Å². The van der Waals surface area contributed by atoms with E-state index in [0.29, 0.717) is 5.82 Å². The Balaban J connectivity index is 2.56. The third-order valence-corrected chi connectivity index (χ3v) is 3.10. The summed E-state index contributed by atoms with van der Waals surface area (Å²) in [5.41, 5.74) is 7.92. The molecule has 0 aliphatic carbocycles. The molecule has 1 aromatic heterocycles. The van der Waals surface area contributed by atoms with Crippen LogP contribution in [0.3, 0.4) is 0 Å². The first-order valence-corrected chi connectivity index (χ1v) is 6.07. The molecule has 2 rings (SSSR count). The molecular formula is C14H17N3O3. The number of imidazole rings is 1. The molecular weight excluding hydrogens is 258 g/mol. The topological polar surface area (TPSA) is 79.4 Å². The molecule has 106 valence electrons. The van der Waals surface area contributed by atoms with Crippen molar-refractivity contribution in [2.45, 2.75) is 13.8 Å². The summed E-state index contributed by atoms with van der Waals surface area (Å²) in [5, 5.41) is 0. The van der Waals surface area contributed by atoms with E-state index in [-0.39, 0.29) is 11.5 Å². The third-order valence-electron chi connectivity index (χ3n) is 3.10. The second-order valence-electron chi connectivity index (χ2n) is 4.37. The number of nitrogens with two attached hydrogens (primary N) is 1. The number of esters is 1. The van der Waals surface area contributed by atoms with Crippen molar-refractivity contribution in [3.63, 3.8) is 0 Å². The van der Waals surface area contributed by atoms with Crippen LogP contribution in [-0.2, 0) is 4.74 Å². The number of carbonyl (C=O) groups excluding carboxylic acids is 1. The normalized spacial score (nSPS) is 10.4. The molecule has 0 fully saturated rings. The number of methoxy groups -OCH3 is 2. The lowest BCUT2D eigenvalue weighted by Crippen LogP contribution is -2.08.